The molecule has 1 heterocycles. The molecule has 1 aromatic carbocycles. The Labute approximate surface area is 114 Å². The minimum absolute atomic E-state index is 0.00295. The Morgan fingerprint density at radius 1 is 1.20 bits per heavy atom. The zero-order chi connectivity index (χ0) is 14.9. The van der Waals surface area contributed by atoms with Crippen molar-refractivity contribution in [2.45, 2.75) is 25.9 Å². The maximum atomic E-state index is 13.6. The molecule has 2 aromatic rings. The molecule has 0 saturated carbocycles. The van der Waals surface area contributed by atoms with Crippen LogP contribution in [0.5, 0.6) is 0 Å². The smallest absolute Gasteiger partial charge is 0.134 e. The lowest BCUT2D eigenvalue weighted by molar-refractivity contribution is 0.165. The van der Waals surface area contributed by atoms with Crippen LogP contribution in [-0.2, 0) is 19.9 Å². The summed E-state index contributed by atoms with van der Waals surface area (Å²) in [6.07, 6.45) is -0.665. The van der Waals surface area contributed by atoms with Crippen LogP contribution in [0.4, 0.5) is 13.2 Å². The Hall–Kier alpha value is -1.82. The predicted octanol–water partition coefficient (Wildman–Crippen LogP) is 2.68. The van der Waals surface area contributed by atoms with E-state index in [-0.39, 0.29) is 6.42 Å². The van der Waals surface area contributed by atoms with Gasteiger partial charge in [-0.15, -0.1) is 0 Å². The number of nitrogens with zero attached hydrogens (tertiary/aromatic N) is 2. The van der Waals surface area contributed by atoms with Crippen LogP contribution in [0.2, 0.25) is 0 Å². The molecule has 0 aliphatic heterocycles. The monoisotopic (exact) mass is 284 g/mol. The van der Waals surface area contributed by atoms with E-state index in [1.54, 1.807) is 17.8 Å². The van der Waals surface area contributed by atoms with Crippen molar-refractivity contribution in [3.05, 3.63) is 52.6 Å². The van der Waals surface area contributed by atoms with E-state index in [1.807, 2.05) is 6.92 Å². The SMILES string of the molecule is CCc1cc(CC(O)c2c(F)cc(F)cc2F)n(C)n1. The van der Waals surface area contributed by atoms with E-state index in [0.29, 0.717) is 17.8 Å². The molecule has 0 aliphatic carbocycles. The molecule has 0 fully saturated rings. The molecule has 3 nitrogen and oxygen atoms in total. The minimum Gasteiger partial charge on any atom is -0.388 e. The fourth-order valence-electron chi connectivity index (χ4n) is 2.11. The first kappa shape index (κ1) is 14.6. The van der Waals surface area contributed by atoms with E-state index in [4.69, 9.17) is 0 Å². The highest BCUT2D eigenvalue weighted by Gasteiger charge is 2.21. The van der Waals surface area contributed by atoms with Gasteiger partial charge in [0.15, 0.2) is 0 Å². The Kier molecular flexibility index (Phi) is 4.13. The molecule has 1 unspecified atom stereocenters. The number of benzene rings is 1. The first-order valence-corrected chi connectivity index (χ1v) is 6.26. The van der Waals surface area contributed by atoms with Gasteiger partial charge in [-0.2, -0.15) is 5.10 Å². The maximum Gasteiger partial charge on any atom is 0.134 e. The molecular weight excluding hydrogens is 269 g/mol. The molecule has 2 rings (SSSR count). The molecule has 20 heavy (non-hydrogen) atoms. The van der Waals surface area contributed by atoms with Gasteiger partial charge in [-0.1, -0.05) is 6.92 Å². The van der Waals surface area contributed by atoms with Gasteiger partial charge < -0.3 is 5.11 Å². The molecule has 0 radical (unpaired) electrons. The molecule has 108 valence electrons. The summed E-state index contributed by atoms with van der Waals surface area (Å²) in [6, 6.07) is 2.88. The number of aliphatic hydroxyl groups is 1. The third-order valence-corrected chi connectivity index (χ3v) is 3.17. The Bertz CT molecular complexity index is 602. The molecule has 1 N–H and O–H groups in total. The summed E-state index contributed by atoms with van der Waals surface area (Å²) in [5, 5.41) is 14.2. The summed E-state index contributed by atoms with van der Waals surface area (Å²) in [5.41, 5.74) is 0.956. The van der Waals surface area contributed by atoms with E-state index < -0.39 is 29.1 Å². The van der Waals surface area contributed by atoms with Crippen molar-refractivity contribution in [1.82, 2.24) is 9.78 Å². The highest BCUT2D eigenvalue weighted by molar-refractivity contribution is 5.25. The summed E-state index contributed by atoms with van der Waals surface area (Å²) >= 11 is 0. The third-order valence-electron chi connectivity index (χ3n) is 3.17. The predicted molar refractivity (Wildman–Crippen MR) is 67.6 cm³/mol. The van der Waals surface area contributed by atoms with E-state index >= 15 is 0 Å². The number of hydrogen-bond donors (Lipinski definition) is 1. The third kappa shape index (κ3) is 2.85. The average Bonchev–Trinajstić information content (AvgIpc) is 2.68. The van der Waals surface area contributed by atoms with E-state index in [0.717, 1.165) is 12.1 Å². The fourth-order valence-corrected chi connectivity index (χ4v) is 2.11. The van der Waals surface area contributed by atoms with E-state index in [1.165, 1.54) is 0 Å². The van der Waals surface area contributed by atoms with Crippen LogP contribution in [-0.4, -0.2) is 14.9 Å². The summed E-state index contributed by atoms with van der Waals surface area (Å²) in [7, 11) is 1.69. The van der Waals surface area contributed by atoms with Crippen molar-refractivity contribution in [3.8, 4) is 0 Å². The lowest BCUT2D eigenvalue weighted by atomic mass is 10.0. The van der Waals surface area contributed by atoms with Gasteiger partial charge >= 0.3 is 0 Å². The molecule has 0 amide bonds. The van der Waals surface area contributed by atoms with Crippen LogP contribution < -0.4 is 0 Å². The van der Waals surface area contributed by atoms with Gasteiger partial charge in [-0.3, -0.25) is 4.68 Å². The second-order valence-corrected chi connectivity index (χ2v) is 4.61. The molecule has 0 saturated heterocycles. The Morgan fingerprint density at radius 2 is 1.80 bits per heavy atom. The summed E-state index contributed by atoms with van der Waals surface area (Å²) in [5.74, 6) is -3.19. The highest BCUT2D eigenvalue weighted by Crippen LogP contribution is 2.25. The normalized spacial score (nSPS) is 12.7. The van der Waals surface area contributed by atoms with Crippen LogP contribution in [0.25, 0.3) is 0 Å². The molecule has 6 heteroatoms. The molecule has 0 bridgehead atoms. The van der Waals surface area contributed by atoms with Crippen LogP contribution >= 0.6 is 0 Å². The first-order chi connectivity index (χ1) is 9.42. The van der Waals surface area contributed by atoms with Gasteiger partial charge in [0.2, 0.25) is 0 Å². The van der Waals surface area contributed by atoms with Crippen LogP contribution in [0.15, 0.2) is 18.2 Å². The number of aliphatic hydroxyl groups excluding tert-OH is 1. The van der Waals surface area contributed by atoms with Crippen molar-refractivity contribution in [3.63, 3.8) is 0 Å². The van der Waals surface area contributed by atoms with Crippen molar-refractivity contribution in [1.29, 1.82) is 0 Å². The second kappa shape index (κ2) is 5.66. The topological polar surface area (TPSA) is 38.0 Å². The highest BCUT2D eigenvalue weighted by atomic mass is 19.1. The van der Waals surface area contributed by atoms with Crippen molar-refractivity contribution in [2.24, 2.45) is 7.05 Å². The molecule has 0 spiro atoms. The van der Waals surface area contributed by atoms with E-state index in [9.17, 15) is 18.3 Å². The van der Waals surface area contributed by atoms with Gasteiger partial charge in [0.1, 0.15) is 17.5 Å². The summed E-state index contributed by atoms with van der Waals surface area (Å²) in [6.45, 7) is 1.93. The Morgan fingerprint density at radius 3 is 2.30 bits per heavy atom. The minimum atomic E-state index is -1.39. The van der Waals surface area contributed by atoms with Crippen molar-refractivity contribution < 1.29 is 18.3 Å². The fraction of sp³-hybridized carbons (Fsp3) is 0.357. The number of hydrogen-bond acceptors (Lipinski definition) is 2. The number of rotatable bonds is 4. The quantitative estimate of drug-likeness (QED) is 0.937. The molecular formula is C14H15F3N2O. The lowest BCUT2D eigenvalue weighted by Gasteiger charge is -2.13. The van der Waals surface area contributed by atoms with Gasteiger partial charge in [-0.05, 0) is 12.5 Å². The van der Waals surface area contributed by atoms with Crippen molar-refractivity contribution in [2.75, 3.05) is 0 Å². The number of aryl methyl sites for hydroxylation is 2. The molecule has 1 atom stereocenters. The zero-order valence-electron chi connectivity index (χ0n) is 11.2. The van der Waals surface area contributed by atoms with Gasteiger partial charge in [0.25, 0.3) is 0 Å². The van der Waals surface area contributed by atoms with Gasteiger partial charge in [0, 0.05) is 31.3 Å². The standard InChI is InChI=1S/C14H15F3N2O/c1-3-9-6-10(19(2)18-9)7-13(20)14-11(16)4-8(15)5-12(14)17/h4-6,13,20H,3,7H2,1-2H3. The lowest BCUT2D eigenvalue weighted by Crippen LogP contribution is -2.10. The van der Waals surface area contributed by atoms with E-state index in [2.05, 4.69) is 5.10 Å². The van der Waals surface area contributed by atoms with Crippen molar-refractivity contribution >= 4 is 0 Å². The van der Waals surface area contributed by atoms with Crippen LogP contribution in [0, 0.1) is 17.5 Å². The Balaban J connectivity index is 2.28. The zero-order valence-corrected chi connectivity index (χ0v) is 11.2. The average molecular weight is 284 g/mol. The number of halogens is 3. The molecule has 0 aliphatic rings. The van der Waals surface area contributed by atoms with Crippen LogP contribution in [0.3, 0.4) is 0 Å². The second-order valence-electron chi connectivity index (χ2n) is 4.61. The van der Waals surface area contributed by atoms with Gasteiger partial charge in [-0.25, -0.2) is 13.2 Å². The first-order valence-electron chi connectivity index (χ1n) is 6.26. The van der Waals surface area contributed by atoms with Gasteiger partial charge in [0.05, 0.1) is 17.4 Å². The maximum absolute atomic E-state index is 13.6. The summed E-state index contributed by atoms with van der Waals surface area (Å²) in [4.78, 5) is 0. The largest absolute Gasteiger partial charge is 0.388 e. The van der Waals surface area contributed by atoms with Crippen LogP contribution in [0.1, 0.15) is 30.0 Å². The molecule has 1 aromatic heterocycles. The number of aromatic nitrogens is 2. The summed E-state index contributed by atoms with van der Waals surface area (Å²) < 4.78 is 41.5.